The van der Waals surface area contributed by atoms with Gasteiger partial charge >= 0.3 is 12.1 Å². The van der Waals surface area contributed by atoms with Gasteiger partial charge < -0.3 is 5.11 Å². The van der Waals surface area contributed by atoms with Gasteiger partial charge in [0, 0.05) is 4.47 Å². The van der Waals surface area contributed by atoms with Crippen LogP contribution in [0.25, 0.3) is 6.08 Å². The summed E-state index contributed by atoms with van der Waals surface area (Å²) in [6.07, 6.45) is -2.26. The third-order valence-electron chi connectivity index (χ3n) is 3.36. The second-order valence-electron chi connectivity index (χ2n) is 5.10. The van der Waals surface area contributed by atoms with Crippen LogP contribution in [0.2, 0.25) is 10.0 Å². The van der Waals surface area contributed by atoms with Gasteiger partial charge in [-0.2, -0.15) is 13.2 Å². The van der Waals surface area contributed by atoms with Gasteiger partial charge in [-0.05, 0) is 51.3 Å². The molecule has 1 N–H and O–H groups in total. The highest BCUT2D eigenvalue weighted by atomic mass is 79.9. The van der Waals surface area contributed by atoms with E-state index in [1.54, 1.807) is 0 Å². The molecule has 0 amide bonds. The molecule has 2 aromatic carbocycles. The molecule has 0 saturated carbocycles. The van der Waals surface area contributed by atoms with E-state index in [0.29, 0.717) is 5.56 Å². The summed E-state index contributed by atoms with van der Waals surface area (Å²) >= 11 is 14.6. The normalized spacial score (nSPS) is 13.2. The van der Waals surface area contributed by atoms with Gasteiger partial charge in [0.25, 0.3) is 0 Å². The summed E-state index contributed by atoms with van der Waals surface area (Å²) in [5, 5.41) is 9.17. The van der Waals surface area contributed by atoms with Gasteiger partial charge in [-0.15, -0.1) is 0 Å². The molecule has 0 saturated heterocycles. The Balaban J connectivity index is 2.37. The molecule has 1 atom stereocenters. The van der Waals surface area contributed by atoms with Crippen molar-refractivity contribution in [2.24, 2.45) is 0 Å². The predicted molar refractivity (Wildman–Crippen MR) is 95.4 cm³/mol. The van der Waals surface area contributed by atoms with Gasteiger partial charge in [0.15, 0.2) is 0 Å². The Morgan fingerprint density at radius 3 is 2.32 bits per heavy atom. The van der Waals surface area contributed by atoms with Crippen LogP contribution in [0.1, 0.15) is 27.4 Å². The molecular formula is C17H10BrCl2F3O2. The molecule has 0 fully saturated rings. The largest absolute Gasteiger partial charge is 0.478 e. The lowest BCUT2D eigenvalue weighted by Gasteiger charge is -2.18. The first-order valence-corrected chi connectivity index (χ1v) is 8.37. The predicted octanol–water partition coefficient (Wildman–Crippen LogP) is 6.81. The van der Waals surface area contributed by atoms with Crippen LogP contribution in [0.15, 0.2) is 46.9 Å². The molecule has 0 heterocycles. The third-order valence-corrected chi connectivity index (χ3v) is 4.76. The minimum atomic E-state index is -4.52. The van der Waals surface area contributed by atoms with Gasteiger partial charge in [0.05, 0.1) is 21.5 Å². The van der Waals surface area contributed by atoms with E-state index in [9.17, 15) is 18.0 Å². The highest BCUT2D eigenvalue weighted by Crippen LogP contribution is 2.38. The summed E-state index contributed by atoms with van der Waals surface area (Å²) in [6.45, 7) is 0. The van der Waals surface area contributed by atoms with E-state index < -0.39 is 18.1 Å². The number of allylic oxidation sites excluding steroid dienone is 1. The fourth-order valence-corrected chi connectivity index (χ4v) is 3.00. The van der Waals surface area contributed by atoms with Crippen molar-refractivity contribution >= 4 is 51.2 Å². The highest BCUT2D eigenvalue weighted by Gasteiger charge is 2.39. The Bertz CT molecular complexity index is 835. The SMILES string of the molecule is O=C(O)c1ccc(C=CC(c2ccc(Cl)c(Cl)c2)C(F)(F)F)cc1Br. The number of halogens is 6. The summed E-state index contributed by atoms with van der Waals surface area (Å²) in [6, 6.07) is 7.92. The van der Waals surface area contributed by atoms with Crippen molar-refractivity contribution < 1.29 is 23.1 Å². The van der Waals surface area contributed by atoms with Crippen LogP contribution in [0.3, 0.4) is 0 Å². The number of aromatic carboxylic acids is 1. The molecule has 0 bridgehead atoms. The molecule has 8 heteroatoms. The molecule has 132 valence electrons. The summed E-state index contributed by atoms with van der Waals surface area (Å²) in [5.74, 6) is -3.01. The van der Waals surface area contributed by atoms with E-state index in [1.165, 1.54) is 42.5 Å². The van der Waals surface area contributed by atoms with E-state index >= 15 is 0 Å². The monoisotopic (exact) mass is 452 g/mol. The minimum Gasteiger partial charge on any atom is -0.478 e. The smallest absolute Gasteiger partial charge is 0.399 e. The van der Waals surface area contributed by atoms with Crippen molar-refractivity contribution in [1.82, 2.24) is 0 Å². The number of carbonyl (C=O) groups is 1. The lowest BCUT2D eigenvalue weighted by molar-refractivity contribution is -0.139. The average molecular weight is 454 g/mol. The number of alkyl halides is 3. The molecule has 0 aliphatic carbocycles. The molecule has 25 heavy (non-hydrogen) atoms. The Kier molecular flexibility index (Phi) is 6.19. The number of carboxylic acids is 1. The zero-order valence-electron chi connectivity index (χ0n) is 12.3. The van der Waals surface area contributed by atoms with E-state index in [1.807, 2.05) is 0 Å². The van der Waals surface area contributed by atoms with Crippen LogP contribution >= 0.6 is 39.1 Å². The van der Waals surface area contributed by atoms with Crippen LogP contribution < -0.4 is 0 Å². The lowest BCUT2D eigenvalue weighted by atomic mass is 9.97. The molecular weight excluding hydrogens is 444 g/mol. The second kappa shape index (κ2) is 7.81. The summed E-state index contributed by atoms with van der Waals surface area (Å²) in [7, 11) is 0. The van der Waals surface area contributed by atoms with Crippen molar-refractivity contribution in [1.29, 1.82) is 0 Å². The van der Waals surface area contributed by atoms with Crippen LogP contribution in [-0.4, -0.2) is 17.3 Å². The van der Waals surface area contributed by atoms with E-state index in [4.69, 9.17) is 28.3 Å². The molecule has 0 aliphatic heterocycles. The minimum absolute atomic E-state index is 0.0222. The molecule has 2 aromatic rings. The zero-order valence-corrected chi connectivity index (χ0v) is 15.4. The van der Waals surface area contributed by atoms with E-state index in [2.05, 4.69) is 15.9 Å². The molecule has 2 rings (SSSR count). The molecule has 0 aliphatic rings. The summed E-state index contributed by atoms with van der Waals surface area (Å²) < 4.78 is 40.4. The van der Waals surface area contributed by atoms with Crippen LogP contribution in [-0.2, 0) is 0 Å². The van der Waals surface area contributed by atoms with E-state index in [0.717, 1.165) is 6.08 Å². The van der Waals surface area contributed by atoms with Crippen molar-refractivity contribution in [2.45, 2.75) is 12.1 Å². The lowest BCUT2D eigenvalue weighted by Crippen LogP contribution is -2.18. The fourth-order valence-electron chi connectivity index (χ4n) is 2.13. The van der Waals surface area contributed by atoms with Gasteiger partial charge in [-0.1, -0.05) is 47.5 Å². The maximum atomic E-state index is 13.4. The van der Waals surface area contributed by atoms with Gasteiger partial charge in [-0.25, -0.2) is 4.79 Å². The first kappa shape index (κ1) is 19.8. The second-order valence-corrected chi connectivity index (χ2v) is 6.77. The van der Waals surface area contributed by atoms with Gasteiger partial charge in [0.1, 0.15) is 0 Å². The Morgan fingerprint density at radius 1 is 1.12 bits per heavy atom. The Hall–Kier alpha value is -1.50. The van der Waals surface area contributed by atoms with Crippen LogP contribution in [0.5, 0.6) is 0 Å². The third kappa shape index (κ3) is 5.00. The topological polar surface area (TPSA) is 37.3 Å². The standard InChI is InChI=1S/C17H10BrCl2F3O2/c18-13-7-9(1-4-11(13)16(24)25)2-5-12(17(21,22)23)10-3-6-14(19)15(20)8-10/h1-8,12H,(H,24,25). The quantitative estimate of drug-likeness (QED) is 0.551. The number of benzene rings is 2. The molecule has 2 nitrogen and oxygen atoms in total. The number of hydrogen-bond donors (Lipinski definition) is 1. The molecule has 0 aromatic heterocycles. The number of rotatable bonds is 4. The molecule has 1 unspecified atom stereocenters. The van der Waals surface area contributed by atoms with Crippen molar-refractivity contribution in [3.63, 3.8) is 0 Å². The average Bonchev–Trinajstić information content (AvgIpc) is 2.49. The molecule has 0 spiro atoms. The first-order valence-electron chi connectivity index (χ1n) is 6.82. The number of carboxylic acid groups (broad SMARTS) is 1. The van der Waals surface area contributed by atoms with Gasteiger partial charge in [0.2, 0.25) is 0 Å². The summed E-state index contributed by atoms with van der Waals surface area (Å²) in [4.78, 5) is 11.0. The fraction of sp³-hybridized carbons (Fsp3) is 0.118. The van der Waals surface area contributed by atoms with Crippen molar-refractivity contribution in [3.05, 3.63) is 73.7 Å². The van der Waals surface area contributed by atoms with Crippen molar-refractivity contribution in [3.8, 4) is 0 Å². The highest BCUT2D eigenvalue weighted by molar-refractivity contribution is 9.10. The summed E-state index contributed by atoms with van der Waals surface area (Å²) in [5.41, 5.74) is 0.402. The maximum Gasteiger partial charge on any atom is 0.399 e. The van der Waals surface area contributed by atoms with E-state index in [-0.39, 0.29) is 25.6 Å². The Labute approximate surface area is 160 Å². The number of hydrogen-bond acceptors (Lipinski definition) is 1. The molecule has 0 radical (unpaired) electrons. The van der Waals surface area contributed by atoms with Crippen molar-refractivity contribution in [2.75, 3.05) is 0 Å². The zero-order chi connectivity index (χ0) is 18.8. The maximum absolute atomic E-state index is 13.4. The van der Waals surface area contributed by atoms with Crippen LogP contribution in [0.4, 0.5) is 13.2 Å². The van der Waals surface area contributed by atoms with Crippen LogP contribution in [0, 0.1) is 0 Å². The first-order chi connectivity index (χ1) is 11.6. The van der Waals surface area contributed by atoms with Gasteiger partial charge in [-0.3, -0.25) is 0 Å². The Morgan fingerprint density at radius 2 is 1.80 bits per heavy atom.